The Morgan fingerprint density at radius 3 is 1.18 bits per heavy atom. The van der Waals surface area contributed by atoms with Gasteiger partial charge in [0, 0.05) is 49.6 Å². The van der Waals surface area contributed by atoms with Crippen molar-refractivity contribution >= 4 is 43.6 Å². The number of rotatable bonds is 5. The van der Waals surface area contributed by atoms with Crippen molar-refractivity contribution < 1.29 is 39.8 Å². The topological polar surface area (TPSA) is 48.5 Å². The standard InChI is InChI=1S/C45H29N5/c1-4-14-30(15-5-1)43-46-44(31-16-6-2-7-17-31)48-45(47-43)32-24-26-34(27-25-32)50-40-23-13-11-21-36(40)38-28-37-35-20-10-12-22-39(35)49(41(37)29-42(38)50)33-18-8-3-9-19-33/h1-29H/i1D,2D,3D,4D,5D,6D,7D,8D,9D,10D,11D,12D,13D,14D,15D,16D,17D,18D,19D,20D,21D,22D,23D,24D,25D,26D,27D,28D,29D. The van der Waals surface area contributed by atoms with Gasteiger partial charge in [-0.1, -0.05) is 115 Å². The van der Waals surface area contributed by atoms with Crippen LogP contribution in [-0.2, 0) is 0 Å². The van der Waals surface area contributed by atoms with Crippen molar-refractivity contribution in [3.63, 3.8) is 0 Å². The number of nitrogens with zero attached hydrogens (tertiary/aromatic N) is 5. The Morgan fingerprint density at radius 1 is 0.320 bits per heavy atom. The number of hydrogen-bond acceptors (Lipinski definition) is 3. The lowest BCUT2D eigenvalue weighted by Gasteiger charge is -2.11. The molecule has 5 nitrogen and oxygen atoms in total. The molecule has 234 valence electrons. The second-order valence-corrected chi connectivity index (χ2v) is 10.3. The molecule has 0 saturated carbocycles. The molecular weight excluding hydrogens is 611 g/mol. The lowest BCUT2D eigenvalue weighted by atomic mass is 10.1. The fourth-order valence-electron chi connectivity index (χ4n) is 5.48. The second kappa shape index (κ2) is 11.4. The van der Waals surface area contributed by atoms with Gasteiger partial charge >= 0.3 is 0 Å². The molecule has 3 aromatic heterocycles. The molecule has 0 aliphatic rings. The van der Waals surface area contributed by atoms with Gasteiger partial charge in [0.05, 0.1) is 61.8 Å². The molecule has 0 amide bonds. The molecule has 7 aromatic carbocycles. The monoisotopic (exact) mass is 668 g/mol. The minimum absolute atomic E-state index is 0.521. The van der Waals surface area contributed by atoms with Gasteiger partial charge in [-0.05, 0) is 60.4 Å². The number of aromatic nitrogens is 5. The van der Waals surface area contributed by atoms with Crippen molar-refractivity contribution in [1.29, 1.82) is 0 Å². The predicted molar refractivity (Wildman–Crippen MR) is 205 cm³/mol. The van der Waals surface area contributed by atoms with Crippen LogP contribution in [0.1, 0.15) is 39.8 Å². The molecule has 3 heterocycles. The highest BCUT2D eigenvalue weighted by Crippen LogP contribution is 2.39. The van der Waals surface area contributed by atoms with Crippen LogP contribution in [0.15, 0.2) is 175 Å². The predicted octanol–water partition coefficient (Wildman–Crippen LogP) is 11.1. The quantitative estimate of drug-likeness (QED) is 0.183. The molecule has 0 unspecified atom stereocenters. The average molecular weight is 669 g/mol. The van der Waals surface area contributed by atoms with E-state index in [1.54, 1.807) is 0 Å². The number of hydrogen-bond donors (Lipinski definition) is 0. The Balaban J connectivity index is 1.41. The lowest BCUT2D eigenvalue weighted by Crippen LogP contribution is -2.00. The summed E-state index contributed by atoms with van der Waals surface area (Å²) in [6.07, 6.45) is 0. The van der Waals surface area contributed by atoms with Crippen LogP contribution in [0.4, 0.5) is 0 Å². The van der Waals surface area contributed by atoms with E-state index in [-0.39, 0.29) is 0 Å². The van der Waals surface area contributed by atoms with Crippen molar-refractivity contribution in [2.45, 2.75) is 0 Å². The maximum atomic E-state index is 10.1. The molecular formula is C45H29N5. The Labute approximate surface area is 329 Å². The number of fused-ring (bicyclic) bond motifs is 6. The Hall–Kier alpha value is -6.85. The average Bonchev–Trinajstić information content (AvgIpc) is 3.67. The van der Waals surface area contributed by atoms with Gasteiger partial charge in [-0.2, -0.15) is 0 Å². The fourth-order valence-corrected chi connectivity index (χ4v) is 5.48. The molecule has 0 fully saturated rings. The first-order valence-corrected chi connectivity index (χ1v) is 14.4. The molecule has 50 heavy (non-hydrogen) atoms. The van der Waals surface area contributed by atoms with Crippen molar-refractivity contribution in [2.75, 3.05) is 0 Å². The summed E-state index contributed by atoms with van der Waals surface area (Å²) in [5.41, 5.74) is -6.63. The van der Waals surface area contributed by atoms with Crippen LogP contribution < -0.4 is 0 Å². The van der Waals surface area contributed by atoms with Crippen LogP contribution in [0.5, 0.6) is 0 Å². The zero-order valence-electron chi connectivity index (χ0n) is 53.7. The van der Waals surface area contributed by atoms with Crippen LogP contribution in [-0.4, -0.2) is 24.1 Å². The van der Waals surface area contributed by atoms with E-state index in [1.807, 2.05) is 0 Å². The minimum Gasteiger partial charge on any atom is -0.309 e. The van der Waals surface area contributed by atoms with Crippen molar-refractivity contribution in [3.8, 4) is 45.5 Å². The molecule has 10 aromatic rings. The summed E-state index contributed by atoms with van der Waals surface area (Å²) in [7, 11) is 0. The third kappa shape index (κ3) is 4.52. The highest BCUT2D eigenvalue weighted by atomic mass is 15.0. The minimum atomic E-state index is -1.12. The lowest BCUT2D eigenvalue weighted by molar-refractivity contribution is 1.07. The van der Waals surface area contributed by atoms with Gasteiger partial charge in [0.15, 0.2) is 17.5 Å². The van der Waals surface area contributed by atoms with E-state index in [4.69, 9.17) is 28.8 Å². The second-order valence-electron chi connectivity index (χ2n) is 10.3. The molecule has 0 atom stereocenters. The van der Waals surface area contributed by atoms with Crippen LogP contribution >= 0.6 is 0 Å². The van der Waals surface area contributed by atoms with Crippen molar-refractivity contribution in [1.82, 2.24) is 24.1 Å². The van der Waals surface area contributed by atoms with E-state index >= 15 is 0 Å². The molecule has 10 rings (SSSR count). The maximum Gasteiger partial charge on any atom is 0.164 e. The number of benzene rings is 7. The highest BCUT2D eigenvalue weighted by molar-refractivity contribution is 6.19. The van der Waals surface area contributed by atoms with E-state index in [0.29, 0.717) is 4.57 Å². The Morgan fingerprint density at radius 2 is 0.700 bits per heavy atom. The maximum absolute atomic E-state index is 10.1. The molecule has 0 radical (unpaired) electrons. The summed E-state index contributed by atoms with van der Waals surface area (Å²) in [6, 6.07) is -26.8. The first-order chi connectivity index (χ1) is 36.9. The van der Waals surface area contributed by atoms with E-state index in [2.05, 4.69) is 15.0 Å². The van der Waals surface area contributed by atoms with Crippen LogP contribution in [0, 0.1) is 0 Å². The van der Waals surface area contributed by atoms with Crippen LogP contribution in [0.3, 0.4) is 0 Å². The molecule has 0 spiro atoms. The largest absolute Gasteiger partial charge is 0.309 e. The Bertz CT molecular complexity index is 4340. The van der Waals surface area contributed by atoms with Gasteiger partial charge in [-0.25, -0.2) is 15.0 Å². The normalized spacial score (nSPS) is 19.7. The van der Waals surface area contributed by atoms with E-state index < -0.39 is 264 Å². The summed E-state index contributed by atoms with van der Waals surface area (Å²) in [5.74, 6) is -2.55. The van der Waals surface area contributed by atoms with E-state index in [1.165, 1.54) is 0 Å². The molecule has 0 aliphatic carbocycles. The van der Waals surface area contributed by atoms with Gasteiger partial charge in [0.1, 0.15) is 0 Å². The third-order valence-corrected chi connectivity index (χ3v) is 7.54. The third-order valence-electron chi connectivity index (χ3n) is 7.54. The first kappa shape index (κ1) is 11.6. The SMILES string of the molecule is [2H]c1c([2H])c([2H])c(-c2nc(-c3c([2H])c([2H])c([2H])c([2H])c3[2H])nc(-c3c([2H])c([2H])c(-n4c5c([2H])c([2H])c([2H])c([2H])c5c5c([2H])c6c7c([2H])c([2H])c([2H])c([2H])c7n(-c7c([2H])c([2H])c([2H])c([2H])c7[2H])c6c([2H])c54)c([2H])c3[2H])n2)c([2H])c1[2H]. The molecule has 0 saturated heterocycles. The van der Waals surface area contributed by atoms with Crippen molar-refractivity contribution in [2.24, 2.45) is 0 Å². The van der Waals surface area contributed by atoms with Gasteiger partial charge in [-0.15, -0.1) is 0 Å². The van der Waals surface area contributed by atoms with Crippen molar-refractivity contribution in [3.05, 3.63) is 175 Å². The van der Waals surface area contributed by atoms with E-state index in [0.717, 1.165) is 4.57 Å². The summed E-state index contributed by atoms with van der Waals surface area (Å²) < 4.78 is 259. The van der Waals surface area contributed by atoms with Gasteiger partial charge < -0.3 is 9.13 Å². The summed E-state index contributed by atoms with van der Waals surface area (Å²) >= 11 is 0. The van der Waals surface area contributed by atoms with Gasteiger partial charge in [-0.3, -0.25) is 0 Å². The summed E-state index contributed by atoms with van der Waals surface area (Å²) in [6.45, 7) is 0. The highest BCUT2D eigenvalue weighted by Gasteiger charge is 2.19. The summed E-state index contributed by atoms with van der Waals surface area (Å²) in [5, 5.41) is -2.20. The first-order valence-electron chi connectivity index (χ1n) is 28.9. The molecule has 0 bridgehead atoms. The zero-order valence-corrected chi connectivity index (χ0v) is 24.7. The van der Waals surface area contributed by atoms with Crippen LogP contribution in [0.2, 0.25) is 0 Å². The molecule has 0 aliphatic heterocycles. The summed E-state index contributed by atoms with van der Waals surface area (Å²) in [4.78, 5) is 12.6. The van der Waals surface area contributed by atoms with Gasteiger partial charge in [0.25, 0.3) is 0 Å². The smallest absolute Gasteiger partial charge is 0.164 e. The molecule has 0 N–H and O–H groups in total. The fraction of sp³-hybridized carbons (Fsp3) is 0. The molecule has 5 heteroatoms. The van der Waals surface area contributed by atoms with E-state index in [9.17, 15) is 11.0 Å². The Kier molecular flexibility index (Phi) is 2.65. The van der Waals surface area contributed by atoms with Crippen LogP contribution in [0.25, 0.3) is 89.2 Å². The number of para-hydroxylation sites is 3. The van der Waals surface area contributed by atoms with Gasteiger partial charge in [0.2, 0.25) is 0 Å². The zero-order chi connectivity index (χ0) is 58.3.